The summed E-state index contributed by atoms with van der Waals surface area (Å²) in [6.07, 6.45) is 0. The molecule has 2 atom stereocenters. The number of β-lactam (4-membered cyclic amide) rings is 1. The van der Waals surface area contributed by atoms with Gasteiger partial charge in [-0.25, -0.2) is 4.68 Å². The monoisotopic (exact) mass is 562 g/mol. The second kappa shape index (κ2) is 11.6. The van der Waals surface area contributed by atoms with Crippen LogP contribution in [0.15, 0.2) is 27.0 Å². The van der Waals surface area contributed by atoms with Crippen LogP contribution < -0.4 is 50.5 Å². The van der Waals surface area contributed by atoms with Gasteiger partial charge in [0.1, 0.15) is 18.0 Å². The van der Waals surface area contributed by atoms with Crippen molar-refractivity contribution in [3.63, 3.8) is 0 Å². The summed E-state index contributed by atoms with van der Waals surface area (Å²) in [6, 6.07) is -1.07. The number of nitrogens with one attached hydrogen (secondary N) is 3. The van der Waals surface area contributed by atoms with Crippen LogP contribution >= 0.6 is 34.9 Å². The van der Waals surface area contributed by atoms with Gasteiger partial charge in [-0.15, -0.1) is 28.2 Å². The molecule has 36 heavy (non-hydrogen) atoms. The number of carbonyl (C=O) groups excluding carboxylic acids is 4. The number of carbonyl (C=O) groups is 4. The number of carboxylic acids is 1. The number of tetrazole rings is 1. The van der Waals surface area contributed by atoms with Crippen molar-refractivity contribution in [3.8, 4) is 0 Å². The Balaban J connectivity index is 0.00000361. The van der Waals surface area contributed by atoms with E-state index >= 15 is 0 Å². The number of thiazole rings is 1. The number of thioether (sulfide) groups is 2. The zero-order valence-electron chi connectivity index (χ0n) is 18.3. The number of rotatable bonds is 9. The molecule has 2 aliphatic rings. The molecule has 0 saturated carbocycles. The second-order valence-electron chi connectivity index (χ2n) is 7.03. The summed E-state index contributed by atoms with van der Waals surface area (Å²) in [4.78, 5) is 52.0. The number of primary amides is 1. The number of fused-ring (bicyclic) bond motifs is 1. The number of aromatic amines is 1. The van der Waals surface area contributed by atoms with E-state index in [1.165, 1.54) is 21.8 Å². The first kappa shape index (κ1) is 27.9. The molecule has 4 heterocycles. The molecule has 184 valence electrons. The van der Waals surface area contributed by atoms with Crippen molar-refractivity contribution in [3.05, 3.63) is 27.1 Å². The Kier molecular flexibility index (Phi) is 8.95. The molecule has 16 nitrogen and oxygen atoms in total. The quantitative estimate of drug-likeness (QED) is 0.0480. The fraction of sp³-hybridized carbons (Fsp3) is 0.312. The van der Waals surface area contributed by atoms with Crippen LogP contribution in [0.5, 0.6) is 0 Å². The van der Waals surface area contributed by atoms with Crippen LogP contribution in [0.4, 0.5) is 0 Å². The van der Waals surface area contributed by atoms with Crippen LogP contribution in [-0.4, -0.2) is 87.6 Å². The molecule has 3 amide bonds. The van der Waals surface area contributed by atoms with Gasteiger partial charge in [0.2, 0.25) is 11.1 Å². The number of hydrogen-bond acceptors (Lipinski definition) is 14. The maximum atomic E-state index is 12.8. The Bertz CT molecular complexity index is 1340. The van der Waals surface area contributed by atoms with E-state index in [-0.39, 0.29) is 69.0 Å². The molecule has 0 spiro atoms. The molecule has 2 aliphatic heterocycles. The van der Waals surface area contributed by atoms with Crippen LogP contribution in [0.3, 0.4) is 0 Å². The molecule has 0 bridgehead atoms. The zero-order chi connectivity index (χ0) is 25.3. The summed E-state index contributed by atoms with van der Waals surface area (Å²) in [5, 5.41) is 45.8. The third-order valence-corrected chi connectivity index (χ3v) is 7.89. The molecule has 0 aromatic carbocycles. The standard InChI is InChI=1S/C16H16N10O6S3.Na/c17-7(27)1-25-16(21-23-24-25)35-3-5-2-33-13-9(12(29)26(13)10(5)14(30)31)20-11(28)8(22-32)6-4-34-15(18)19-6;/h4,9,13,32H,1-3H2,(H2,17,27)(H2,18,19)(H,20,28)(H,30,31);/q;+1/p-1/b22-8-;/t9?,13-;/m1./s1. The number of nitrogens with two attached hydrogens (primary N) is 1. The van der Waals surface area contributed by atoms with E-state index < -0.39 is 40.8 Å². The predicted molar refractivity (Wildman–Crippen MR) is 118 cm³/mol. The van der Waals surface area contributed by atoms with Crippen LogP contribution in [0.2, 0.25) is 0 Å². The smallest absolute Gasteiger partial charge is 0.543 e. The molecule has 1 unspecified atom stereocenters. The number of nitrogens with zero attached hydrogens (tertiary/aromatic N) is 6. The fourth-order valence-corrected chi connectivity index (χ4v) is 6.26. The third-order valence-electron chi connectivity index (χ3n) is 4.82. The van der Waals surface area contributed by atoms with E-state index in [0.717, 1.165) is 28.0 Å². The van der Waals surface area contributed by atoms with Gasteiger partial charge in [-0.2, -0.15) is 0 Å². The van der Waals surface area contributed by atoms with Crippen molar-refractivity contribution < 1.29 is 59.0 Å². The Morgan fingerprint density at radius 1 is 1.44 bits per heavy atom. The van der Waals surface area contributed by atoms with Crippen molar-refractivity contribution in [1.82, 2.24) is 35.4 Å². The van der Waals surface area contributed by atoms with Crippen molar-refractivity contribution in [2.24, 2.45) is 10.9 Å². The van der Waals surface area contributed by atoms with Gasteiger partial charge < -0.3 is 31.1 Å². The number of amides is 3. The molecule has 0 radical (unpaired) electrons. The van der Waals surface area contributed by atoms with Crippen LogP contribution in [-0.2, 0) is 25.7 Å². The number of aliphatic carboxylic acids is 1. The zero-order valence-corrected chi connectivity index (χ0v) is 22.8. The van der Waals surface area contributed by atoms with Crippen molar-refractivity contribution in [2.45, 2.75) is 23.1 Å². The van der Waals surface area contributed by atoms with E-state index in [0.29, 0.717) is 5.57 Å². The Hall–Kier alpha value is -2.71. The Labute approximate surface area is 235 Å². The van der Waals surface area contributed by atoms with E-state index in [1.807, 2.05) is 0 Å². The van der Waals surface area contributed by atoms with Crippen molar-refractivity contribution in [1.29, 1.82) is 5.41 Å². The normalized spacial score (nSPS) is 19.3. The minimum absolute atomic E-state index is 0. The summed E-state index contributed by atoms with van der Waals surface area (Å²) in [5.74, 6) is -3.47. The van der Waals surface area contributed by atoms with Crippen LogP contribution in [0.1, 0.15) is 5.69 Å². The van der Waals surface area contributed by atoms with Gasteiger partial charge in [0, 0.05) is 16.9 Å². The van der Waals surface area contributed by atoms with Gasteiger partial charge in [0.25, 0.3) is 11.8 Å². The Morgan fingerprint density at radius 2 is 2.19 bits per heavy atom. The molecule has 2 aromatic heterocycles. The molecule has 1 fully saturated rings. The topological polar surface area (TPSA) is 248 Å². The maximum absolute atomic E-state index is 12.8. The third kappa shape index (κ3) is 5.49. The van der Waals surface area contributed by atoms with E-state index in [9.17, 15) is 29.5 Å². The average Bonchev–Trinajstić information content (AvgIpc) is 3.43. The molecule has 6 N–H and O–H groups in total. The SMILES string of the molecule is N=c1[nH]c(/C(=N/O)C(=O)NC2C(=O)N3C(C(=O)[O-])=C(CSc4nnnn4CC(N)=O)CS[C@H]23)cs1.[Na+]. The van der Waals surface area contributed by atoms with Gasteiger partial charge in [-0.3, -0.25) is 24.7 Å². The minimum Gasteiger partial charge on any atom is -0.543 e. The molecular weight excluding hydrogens is 547 g/mol. The molecule has 1 saturated heterocycles. The first-order valence-electron chi connectivity index (χ1n) is 9.52. The number of aromatic nitrogens is 5. The second-order valence-corrected chi connectivity index (χ2v) is 9.95. The summed E-state index contributed by atoms with van der Waals surface area (Å²) >= 11 is 3.26. The minimum atomic E-state index is -1.56. The summed E-state index contributed by atoms with van der Waals surface area (Å²) in [6.45, 7) is -0.254. The first-order chi connectivity index (χ1) is 16.7. The number of carboxylic acid groups (broad SMARTS) is 1. The van der Waals surface area contributed by atoms with E-state index in [4.69, 9.17) is 11.1 Å². The molecule has 20 heteroatoms. The Morgan fingerprint density at radius 3 is 2.81 bits per heavy atom. The van der Waals surface area contributed by atoms with Crippen molar-refractivity contribution in [2.75, 3.05) is 11.5 Å². The average molecular weight is 563 g/mol. The van der Waals surface area contributed by atoms with Gasteiger partial charge >= 0.3 is 29.6 Å². The number of H-pyrrole nitrogens is 1. The first-order valence-corrected chi connectivity index (χ1v) is 12.4. The van der Waals surface area contributed by atoms with Crippen molar-refractivity contribution >= 4 is 64.3 Å². The molecular formula is C16H15N10NaO6S3. The summed E-state index contributed by atoms with van der Waals surface area (Å²) < 4.78 is 1.17. The van der Waals surface area contributed by atoms with Gasteiger partial charge in [0.15, 0.2) is 10.5 Å². The molecule has 2 aromatic rings. The van der Waals surface area contributed by atoms with Crippen LogP contribution in [0.25, 0.3) is 0 Å². The summed E-state index contributed by atoms with van der Waals surface area (Å²) in [5.41, 5.74) is 4.88. The number of hydrogen-bond donors (Lipinski definition) is 5. The maximum Gasteiger partial charge on any atom is 1.00 e. The van der Waals surface area contributed by atoms with Gasteiger partial charge in [0.05, 0.1) is 17.4 Å². The van der Waals surface area contributed by atoms with E-state index in [2.05, 4.69) is 31.0 Å². The molecule has 4 rings (SSSR count). The van der Waals surface area contributed by atoms with Crippen LogP contribution in [0, 0.1) is 5.41 Å². The predicted octanol–water partition coefficient (Wildman–Crippen LogP) is -6.59. The van der Waals surface area contributed by atoms with Gasteiger partial charge in [-0.05, 0) is 16.0 Å². The summed E-state index contributed by atoms with van der Waals surface area (Å²) in [7, 11) is 0. The van der Waals surface area contributed by atoms with Gasteiger partial charge in [-0.1, -0.05) is 16.9 Å². The van der Waals surface area contributed by atoms with E-state index in [1.54, 1.807) is 0 Å². The number of oxime groups is 1. The molecule has 0 aliphatic carbocycles. The fourth-order valence-electron chi connectivity index (χ4n) is 3.33. The largest absolute Gasteiger partial charge is 1.00 e.